The molecule has 1 N–H and O–H groups in total. The molecule has 0 spiro atoms. The van der Waals surface area contributed by atoms with Gasteiger partial charge in [-0.2, -0.15) is 0 Å². The van der Waals surface area contributed by atoms with Gasteiger partial charge in [0.15, 0.2) is 6.61 Å². The molecule has 5 nitrogen and oxygen atoms in total. The third kappa shape index (κ3) is 9.78. The Hall–Kier alpha value is -6.50. The van der Waals surface area contributed by atoms with Gasteiger partial charge in [0.2, 0.25) is 0 Å². The van der Waals surface area contributed by atoms with Crippen molar-refractivity contribution >= 4 is 23.3 Å². The molecule has 0 amide bonds. The summed E-state index contributed by atoms with van der Waals surface area (Å²) in [7, 11) is 0. The average Bonchev–Trinajstić information content (AvgIpc) is 3.23. The lowest BCUT2D eigenvalue weighted by Crippen LogP contribution is -2.10. The number of hydrogen-bond acceptors (Lipinski definition) is 5. The third-order valence-corrected chi connectivity index (χ3v) is 10.4. The lowest BCUT2D eigenvalue weighted by atomic mass is 9.90. The van der Waals surface area contributed by atoms with Crippen molar-refractivity contribution in [2.24, 2.45) is 0 Å². The van der Waals surface area contributed by atoms with Crippen LogP contribution in [0.15, 0.2) is 186 Å². The summed E-state index contributed by atoms with van der Waals surface area (Å²) < 4.78 is 17.7. The van der Waals surface area contributed by atoms with Gasteiger partial charge in [-0.1, -0.05) is 122 Å². The number of para-hydroxylation sites is 2. The zero-order chi connectivity index (χ0) is 38.7. The van der Waals surface area contributed by atoms with E-state index < -0.39 is 5.97 Å². The van der Waals surface area contributed by atoms with E-state index in [2.05, 4.69) is 85.8 Å². The number of hydrogen-bond donors (Lipinski definition) is 1. The molecule has 7 aromatic rings. The first kappa shape index (κ1) is 37.8. The number of ether oxygens (including phenoxy) is 3. The highest BCUT2D eigenvalue weighted by molar-refractivity contribution is 7.99. The number of carboxylic acids is 1. The summed E-state index contributed by atoms with van der Waals surface area (Å²) in [6, 6.07) is 59.5. The van der Waals surface area contributed by atoms with Gasteiger partial charge in [0.1, 0.15) is 28.7 Å². The van der Waals surface area contributed by atoms with E-state index in [1.165, 1.54) is 11.1 Å². The van der Waals surface area contributed by atoms with Crippen molar-refractivity contribution in [1.29, 1.82) is 0 Å². The van der Waals surface area contributed by atoms with Crippen LogP contribution in [-0.2, 0) is 4.79 Å². The third-order valence-electron chi connectivity index (χ3n) is 9.33. The highest BCUT2D eigenvalue weighted by Crippen LogP contribution is 2.37. The fourth-order valence-corrected chi connectivity index (χ4v) is 7.61. The van der Waals surface area contributed by atoms with E-state index in [9.17, 15) is 4.79 Å². The van der Waals surface area contributed by atoms with Crippen molar-refractivity contribution in [3.8, 4) is 51.0 Å². The molecule has 7 rings (SSSR count). The highest BCUT2D eigenvalue weighted by Gasteiger charge is 2.14. The van der Waals surface area contributed by atoms with Gasteiger partial charge >= 0.3 is 5.97 Å². The Morgan fingerprint density at radius 1 is 0.554 bits per heavy atom. The molecule has 0 aliphatic carbocycles. The molecule has 0 bridgehead atoms. The van der Waals surface area contributed by atoms with Gasteiger partial charge in [0.25, 0.3) is 0 Å². The van der Waals surface area contributed by atoms with Crippen LogP contribution in [0.3, 0.4) is 0 Å². The topological polar surface area (TPSA) is 65.0 Å². The highest BCUT2D eigenvalue weighted by atomic mass is 32.2. The Bertz CT molecular complexity index is 2290. The first-order valence-electron chi connectivity index (χ1n) is 18.6. The number of aryl methyl sites for hydroxylation is 1. The molecular weight excluding hydrogens is 713 g/mol. The molecule has 0 aliphatic rings. The maximum Gasteiger partial charge on any atom is 0.341 e. The van der Waals surface area contributed by atoms with Crippen molar-refractivity contribution in [2.75, 3.05) is 12.4 Å². The lowest BCUT2D eigenvalue weighted by molar-refractivity contribution is -0.139. The quantitative estimate of drug-likeness (QED) is 0.105. The molecule has 0 aromatic heterocycles. The summed E-state index contributed by atoms with van der Waals surface area (Å²) in [5.41, 5.74) is 10.1. The van der Waals surface area contributed by atoms with E-state index in [1.54, 1.807) is 11.8 Å². The number of thioether (sulfide) groups is 1. The molecule has 0 saturated carbocycles. The molecule has 278 valence electrons. The van der Waals surface area contributed by atoms with Crippen LogP contribution < -0.4 is 14.2 Å². The molecule has 7 aromatic carbocycles. The van der Waals surface area contributed by atoms with E-state index in [4.69, 9.17) is 19.3 Å². The van der Waals surface area contributed by atoms with Crippen molar-refractivity contribution in [1.82, 2.24) is 0 Å². The van der Waals surface area contributed by atoms with Gasteiger partial charge in [0, 0.05) is 10.6 Å². The minimum absolute atomic E-state index is 0.364. The summed E-state index contributed by atoms with van der Waals surface area (Å²) in [5.74, 6) is 3.55. The Morgan fingerprint density at radius 2 is 1.05 bits per heavy atom. The molecule has 0 aliphatic heterocycles. The summed E-state index contributed by atoms with van der Waals surface area (Å²) >= 11 is 1.76. The Kier molecular flexibility index (Phi) is 12.3. The van der Waals surface area contributed by atoms with Crippen molar-refractivity contribution in [3.05, 3.63) is 198 Å². The van der Waals surface area contributed by atoms with Crippen LogP contribution >= 0.6 is 11.8 Å². The van der Waals surface area contributed by atoms with Crippen molar-refractivity contribution < 1.29 is 24.1 Å². The first-order valence-corrected chi connectivity index (χ1v) is 19.6. The second kappa shape index (κ2) is 18.2. The van der Waals surface area contributed by atoms with Crippen LogP contribution in [-0.4, -0.2) is 23.4 Å². The number of rotatable bonds is 15. The number of carbonyl (C=O) groups is 1. The normalized spacial score (nSPS) is 10.8. The smallest absolute Gasteiger partial charge is 0.341 e. The van der Waals surface area contributed by atoms with E-state index in [-0.39, 0.29) is 6.61 Å². The van der Waals surface area contributed by atoms with Crippen LogP contribution in [0, 0.1) is 6.92 Å². The Morgan fingerprint density at radius 3 is 1.52 bits per heavy atom. The van der Waals surface area contributed by atoms with Crippen LogP contribution in [0.1, 0.15) is 30.0 Å². The van der Waals surface area contributed by atoms with Gasteiger partial charge in [-0.15, -0.1) is 11.8 Å². The van der Waals surface area contributed by atoms with Crippen LogP contribution in [0.25, 0.3) is 27.8 Å². The summed E-state index contributed by atoms with van der Waals surface area (Å²) in [6.07, 6.45) is 0.863. The number of benzene rings is 7. The predicted molar refractivity (Wildman–Crippen MR) is 228 cm³/mol. The minimum atomic E-state index is -0.995. The van der Waals surface area contributed by atoms with E-state index >= 15 is 0 Å². The van der Waals surface area contributed by atoms with Crippen molar-refractivity contribution in [2.45, 2.75) is 25.2 Å². The maximum absolute atomic E-state index is 11.0. The summed E-state index contributed by atoms with van der Waals surface area (Å²) in [4.78, 5) is 12.1. The predicted octanol–water partition coefficient (Wildman–Crippen LogP) is 13.4. The van der Waals surface area contributed by atoms with E-state index in [1.807, 2.05) is 104 Å². The monoisotopic (exact) mass is 754 g/mol. The molecule has 0 fully saturated rings. The fourth-order valence-electron chi connectivity index (χ4n) is 6.50. The van der Waals surface area contributed by atoms with E-state index in [0.29, 0.717) is 5.75 Å². The van der Waals surface area contributed by atoms with Crippen LogP contribution in [0.4, 0.5) is 0 Å². The molecular formula is C50H42O5S. The number of aliphatic carboxylic acids is 1. The summed E-state index contributed by atoms with van der Waals surface area (Å²) in [6.45, 7) is 3.79. The first-order chi connectivity index (χ1) is 27.4. The molecule has 0 radical (unpaired) electrons. The van der Waals surface area contributed by atoms with Gasteiger partial charge in [-0.05, 0) is 125 Å². The molecule has 6 heteroatoms. The zero-order valence-corrected chi connectivity index (χ0v) is 32.2. The van der Waals surface area contributed by atoms with Crippen LogP contribution in [0.2, 0.25) is 0 Å². The fraction of sp³-hybridized carbons (Fsp3) is 0.100. The van der Waals surface area contributed by atoms with Crippen LogP contribution in [0.5, 0.6) is 28.7 Å². The molecule has 0 atom stereocenters. The minimum Gasteiger partial charge on any atom is -0.482 e. The summed E-state index contributed by atoms with van der Waals surface area (Å²) in [5, 5.41) is 9.06. The van der Waals surface area contributed by atoms with Gasteiger partial charge in [-0.3, -0.25) is 0 Å². The average molecular weight is 755 g/mol. The molecule has 56 heavy (non-hydrogen) atoms. The molecule has 0 heterocycles. The largest absolute Gasteiger partial charge is 0.482 e. The Labute approximate surface area is 332 Å². The standard InChI is InChI=1S/C50H42O5S/c1-3-36(34-56-47-28-29-48(35(2)30-47)53-33-49(51)52)50(39-24-20-37(21-25-39)41-12-10-18-45(31-41)54-43-14-6-4-7-15-43)40-26-22-38(23-27-40)42-13-11-19-46(32-42)55-44-16-8-5-9-17-44/h4-32H,3,33-34H2,1-2H3,(H,51,52). The Balaban J connectivity index is 1.19. The second-order valence-electron chi connectivity index (χ2n) is 13.3. The number of carboxylic acid groups (broad SMARTS) is 1. The van der Waals surface area contributed by atoms with E-state index in [0.717, 1.165) is 79.0 Å². The molecule has 0 saturated heterocycles. The van der Waals surface area contributed by atoms with Gasteiger partial charge < -0.3 is 19.3 Å². The SMILES string of the molecule is CCC(CSc1ccc(OCC(=O)O)c(C)c1)=C(c1ccc(-c2cccc(Oc3ccccc3)c2)cc1)c1ccc(-c2cccc(Oc3ccccc3)c2)cc1. The molecule has 0 unspecified atom stereocenters. The van der Waals surface area contributed by atoms with Crippen molar-refractivity contribution in [3.63, 3.8) is 0 Å². The second-order valence-corrected chi connectivity index (χ2v) is 14.3. The lowest BCUT2D eigenvalue weighted by Gasteiger charge is -2.17. The zero-order valence-electron chi connectivity index (χ0n) is 31.4. The maximum atomic E-state index is 11.0. The van der Waals surface area contributed by atoms with Gasteiger partial charge in [0.05, 0.1) is 0 Å². The van der Waals surface area contributed by atoms with Gasteiger partial charge in [-0.25, -0.2) is 4.79 Å².